The molecular weight excluding hydrogens is 332 g/mol. The summed E-state index contributed by atoms with van der Waals surface area (Å²) in [6, 6.07) is 13.6. The SMILES string of the molecule is O=C(c1cc(Cl)ccc1[N+](=O)[O-])N1CCOC(c2ccccc2)C1. The van der Waals surface area contributed by atoms with Gasteiger partial charge in [-0.15, -0.1) is 0 Å². The molecule has 1 fully saturated rings. The van der Waals surface area contributed by atoms with E-state index in [0.29, 0.717) is 19.7 Å². The van der Waals surface area contributed by atoms with Gasteiger partial charge in [-0.05, 0) is 17.7 Å². The van der Waals surface area contributed by atoms with Crippen LogP contribution in [0.15, 0.2) is 48.5 Å². The summed E-state index contributed by atoms with van der Waals surface area (Å²) in [5.41, 5.74) is 0.726. The molecule has 0 saturated carbocycles. The van der Waals surface area contributed by atoms with Gasteiger partial charge in [-0.3, -0.25) is 14.9 Å². The second kappa shape index (κ2) is 6.98. The summed E-state index contributed by atoms with van der Waals surface area (Å²) in [5, 5.41) is 11.5. The molecule has 2 aromatic carbocycles. The summed E-state index contributed by atoms with van der Waals surface area (Å²) in [6.45, 7) is 1.10. The van der Waals surface area contributed by atoms with E-state index in [1.165, 1.54) is 18.2 Å². The van der Waals surface area contributed by atoms with Crippen molar-refractivity contribution in [2.24, 2.45) is 0 Å². The Balaban J connectivity index is 1.85. The molecule has 1 heterocycles. The smallest absolute Gasteiger partial charge is 0.282 e. The van der Waals surface area contributed by atoms with Gasteiger partial charge >= 0.3 is 0 Å². The largest absolute Gasteiger partial charge is 0.370 e. The summed E-state index contributed by atoms with van der Waals surface area (Å²) in [7, 11) is 0. The van der Waals surface area contributed by atoms with Gasteiger partial charge in [0.05, 0.1) is 18.1 Å². The number of ether oxygens (including phenoxy) is 1. The first kappa shape index (κ1) is 16.4. The number of nitro benzene ring substituents is 1. The number of benzene rings is 2. The van der Waals surface area contributed by atoms with Gasteiger partial charge < -0.3 is 9.64 Å². The van der Waals surface area contributed by atoms with Gasteiger partial charge in [0.25, 0.3) is 11.6 Å². The van der Waals surface area contributed by atoms with Crippen molar-refractivity contribution in [1.82, 2.24) is 4.90 Å². The molecule has 124 valence electrons. The minimum Gasteiger partial charge on any atom is -0.370 e. The molecule has 0 radical (unpaired) electrons. The molecule has 1 unspecified atom stereocenters. The molecule has 1 saturated heterocycles. The molecule has 24 heavy (non-hydrogen) atoms. The van der Waals surface area contributed by atoms with Gasteiger partial charge in [0.15, 0.2) is 0 Å². The number of halogens is 1. The Bertz CT molecular complexity index is 766. The van der Waals surface area contributed by atoms with Crippen molar-refractivity contribution in [2.45, 2.75) is 6.10 Å². The van der Waals surface area contributed by atoms with E-state index in [-0.39, 0.29) is 22.4 Å². The van der Waals surface area contributed by atoms with E-state index in [1.807, 2.05) is 30.3 Å². The lowest BCUT2D eigenvalue weighted by Crippen LogP contribution is -2.42. The van der Waals surface area contributed by atoms with E-state index in [4.69, 9.17) is 16.3 Å². The standard InChI is InChI=1S/C17H15ClN2O4/c18-13-6-7-15(20(22)23)14(10-13)17(21)19-8-9-24-16(11-19)12-4-2-1-3-5-12/h1-7,10,16H,8-9,11H2. The molecule has 0 spiro atoms. The summed E-state index contributed by atoms with van der Waals surface area (Å²) < 4.78 is 5.73. The summed E-state index contributed by atoms with van der Waals surface area (Å²) >= 11 is 5.91. The molecule has 0 aromatic heterocycles. The summed E-state index contributed by atoms with van der Waals surface area (Å²) in [5.74, 6) is -0.409. The maximum atomic E-state index is 12.8. The van der Waals surface area contributed by atoms with Crippen molar-refractivity contribution in [1.29, 1.82) is 0 Å². The predicted octanol–water partition coefficient (Wildman–Crippen LogP) is 3.46. The van der Waals surface area contributed by atoms with Crippen molar-refractivity contribution >= 4 is 23.2 Å². The lowest BCUT2D eigenvalue weighted by molar-refractivity contribution is -0.385. The fraction of sp³-hybridized carbons (Fsp3) is 0.235. The average molecular weight is 347 g/mol. The summed E-state index contributed by atoms with van der Waals surface area (Å²) in [6.07, 6.45) is -0.248. The van der Waals surface area contributed by atoms with Crippen LogP contribution in [0.4, 0.5) is 5.69 Å². The highest BCUT2D eigenvalue weighted by atomic mass is 35.5. The molecule has 2 aromatic rings. The van der Waals surface area contributed by atoms with Crippen LogP contribution in [0.2, 0.25) is 5.02 Å². The zero-order valence-electron chi connectivity index (χ0n) is 12.7. The van der Waals surface area contributed by atoms with Crippen molar-refractivity contribution in [3.8, 4) is 0 Å². The van der Waals surface area contributed by atoms with E-state index in [9.17, 15) is 14.9 Å². The van der Waals surface area contributed by atoms with Crippen LogP contribution in [0.1, 0.15) is 22.0 Å². The minimum atomic E-state index is -0.571. The van der Waals surface area contributed by atoms with E-state index in [1.54, 1.807) is 4.90 Å². The number of hydrogen-bond acceptors (Lipinski definition) is 4. The highest BCUT2D eigenvalue weighted by Gasteiger charge is 2.30. The normalized spacial score (nSPS) is 17.5. The van der Waals surface area contributed by atoms with Gasteiger partial charge in [0.1, 0.15) is 11.7 Å². The molecule has 1 amide bonds. The zero-order chi connectivity index (χ0) is 17.1. The first-order valence-electron chi connectivity index (χ1n) is 7.46. The van der Waals surface area contributed by atoms with E-state index < -0.39 is 10.8 Å². The highest BCUT2D eigenvalue weighted by molar-refractivity contribution is 6.31. The Kier molecular flexibility index (Phi) is 4.78. The molecular formula is C17H15ClN2O4. The molecule has 6 nitrogen and oxygen atoms in total. The second-order valence-corrected chi connectivity index (χ2v) is 5.88. The fourth-order valence-corrected chi connectivity index (χ4v) is 2.88. The molecule has 0 N–H and O–H groups in total. The second-order valence-electron chi connectivity index (χ2n) is 5.44. The van der Waals surface area contributed by atoms with Crippen LogP contribution < -0.4 is 0 Å². The lowest BCUT2D eigenvalue weighted by atomic mass is 10.1. The molecule has 0 aliphatic carbocycles. The van der Waals surface area contributed by atoms with Gasteiger partial charge in [0.2, 0.25) is 0 Å². The van der Waals surface area contributed by atoms with Crippen LogP contribution in [0, 0.1) is 10.1 Å². The predicted molar refractivity (Wildman–Crippen MR) is 89.1 cm³/mol. The number of carbonyl (C=O) groups is 1. The molecule has 1 atom stereocenters. The molecule has 0 bridgehead atoms. The highest BCUT2D eigenvalue weighted by Crippen LogP contribution is 2.27. The minimum absolute atomic E-state index is 0.00112. The third-order valence-corrected chi connectivity index (χ3v) is 4.15. The third-order valence-electron chi connectivity index (χ3n) is 3.91. The van der Waals surface area contributed by atoms with Crippen molar-refractivity contribution in [3.05, 3.63) is 74.8 Å². The molecule has 1 aliphatic rings. The topological polar surface area (TPSA) is 72.7 Å². The van der Waals surface area contributed by atoms with Crippen LogP contribution in [0.3, 0.4) is 0 Å². The molecule has 1 aliphatic heterocycles. The Labute approximate surface area is 143 Å². The van der Waals surface area contributed by atoms with E-state index in [2.05, 4.69) is 0 Å². The Morgan fingerprint density at radius 3 is 2.71 bits per heavy atom. The van der Waals surface area contributed by atoms with Crippen molar-refractivity contribution in [3.63, 3.8) is 0 Å². The molecule has 7 heteroatoms. The van der Waals surface area contributed by atoms with Gasteiger partial charge in [0, 0.05) is 17.6 Å². The van der Waals surface area contributed by atoms with Crippen molar-refractivity contribution < 1.29 is 14.5 Å². The quantitative estimate of drug-likeness (QED) is 0.630. The van der Waals surface area contributed by atoms with Gasteiger partial charge in [-0.1, -0.05) is 41.9 Å². The van der Waals surface area contributed by atoms with Crippen LogP contribution >= 0.6 is 11.6 Å². The first-order chi connectivity index (χ1) is 11.6. The fourth-order valence-electron chi connectivity index (χ4n) is 2.71. The number of hydrogen-bond donors (Lipinski definition) is 0. The van der Waals surface area contributed by atoms with Crippen molar-refractivity contribution in [2.75, 3.05) is 19.7 Å². The van der Waals surface area contributed by atoms with Crippen LogP contribution in [0.5, 0.6) is 0 Å². The lowest BCUT2D eigenvalue weighted by Gasteiger charge is -2.33. The molecule has 3 rings (SSSR count). The summed E-state index contributed by atoms with van der Waals surface area (Å²) in [4.78, 5) is 24.9. The Morgan fingerprint density at radius 1 is 1.25 bits per heavy atom. The maximum absolute atomic E-state index is 12.8. The Hall–Kier alpha value is -2.44. The zero-order valence-corrected chi connectivity index (χ0v) is 13.5. The van der Waals surface area contributed by atoms with E-state index >= 15 is 0 Å². The first-order valence-corrected chi connectivity index (χ1v) is 7.84. The number of nitrogens with zero attached hydrogens (tertiary/aromatic N) is 2. The maximum Gasteiger partial charge on any atom is 0.282 e. The number of nitro groups is 1. The number of carbonyl (C=O) groups excluding carboxylic acids is 1. The number of morpholine rings is 1. The van der Waals surface area contributed by atoms with Crippen LogP contribution in [-0.4, -0.2) is 35.4 Å². The average Bonchev–Trinajstić information content (AvgIpc) is 2.61. The van der Waals surface area contributed by atoms with Crippen LogP contribution in [0.25, 0.3) is 0 Å². The number of rotatable bonds is 3. The third kappa shape index (κ3) is 3.39. The van der Waals surface area contributed by atoms with Crippen LogP contribution in [-0.2, 0) is 4.74 Å². The Morgan fingerprint density at radius 2 is 2.00 bits per heavy atom. The number of amides is 1. The van der Waals surface area contributed by atoms with E-state index in [0.717, 1.165) is 5.56 Å². The van der Waals surface area contributed by atoms with Gasteiger partial charge in [-0.2, -0.15) is 0 Å². The van der Waals surface area contributed by atoms with Gasteiger partial charge in [-0.25, -0.2) is 0 Å². The monoisotopic (exact) mass is 346 g/mol.